The summed E-state index contributed by atoms with van der Waals surface area (Å²) in [6, 6.07) is 8.28. The van der Waals surface area contributed by atoms with Gasteiger partial charge in [-0.05, 0) is 12.5 Å². The number of nitrogens with one attached hydrogen (secondary N) is 1. The molecule has 0 bridgehead atoms. The molecule has 0 amide bonds. The lowest BCUT2D eigenvalue weighted by atomic mass is 10.2. The summed E-state index contributed by atoms with van der Waals surface area (Å²) in [7, 11) is 0. The molecule has 20 heavy (non-hydrogen) atoms. The van der Waals surface area contributed by atoms with Crippen LogP contribution in [0.15, 0.2) is 24.3 Å². The van der Waals surface area contributed by atoms with Crippen molar-refractivity contribution in [2.45, 2.75) is 19.9 Å². The Balaban J connectivity index is 1.70. The molecular formula is C16H26N2O2. The molecule has 1 aromatic carbocycles. The molecule has 4 heteroatoms. The van der Waals surface area contributed by atoms with Gasteiger partial charge in [-0.3, -0.25) is 4.90 Å². The Morgan fingerprint density at radius 1 is 1.25 bits per heavy atom. The van der Waals surface area contributed by atoms with E-state index in [1.165, 1.54) is 5.56 Å². The second-order valence-corrected chi connectivity index (χ2v) is 5.09. The lowest BCUT2D eigenvalue weighted by Gasteiger charge is -2.26. The van der Waals surface area contributed by atoms with Gasteiger partial charge < -0.3 is 14.8 Å². The molecule has 0 spiro atoms. The molecule has 0 aliphatic carbocycles. The van der Waals surface area contributed by atoms with E-state index in [0.717, 1.165) is 64.7 Å². The molecule has 1 fully saturated rings. The highest BCUT2D eigenvalue weighted by molar-refractivity contribution is 5.33. The largest absolute Gasteiger partial charge is 0.493 e. The molecule has 4 nitrogen and oxygen atoms in total. The molecule has 0 aromatic heterocycles. The summed E-state index contributed by atoms with van der Waals surface area (Å²) in [6.45, 7) is 9.71. The molecule has 1 heterocycles. The Morgan fingerprint density at radius 2 is 2.05 bits per heavy atom. The zero-order valence-corrected chi connectivity index (χ0v) is 12.4. The summed E-state index contributed by atoms with van der Waals surface area (Å²) >= 11 is 0. The summed E-state index contributed by atoms with van der Waals surface area (Å²) in [5.74, 6) is 1.01. The average Bonchev–Trinajstić information content (AvgIpc) is 2.51. The minimum Gasteiger partial charge on any atom is -0.493 e. The fourth-order valence-corrected chi connectivity index (χ4v) is 2.29. The summed E-state index contributed by atoms with van der Waals surface area (Å²) in [5.41, 5.74) is 1.24. The topological polar surface area (TPSA) is 33.7 Å². The monoisotopic (exact) mass is 278 g/mol. The Morgan fingerprint density at radius 3 is 2.85 bits per heavy atom. The van der Waals surface area contributed by atoms with E-state index in [0.29, 0.717) is 0 Å². The molecule has 2 rings (SSSR count). The van der Waals surface area contributed by atoms with Crippen molar-refractivity contribution >= 4 is 0 Å². The molecule has 1 aromatic rings. The maximum atomic E-state index is 5.77. The Hall–Kier alpha value is -1.10. The Bertz CT molecular complexity index is 378. The van der Waals surface area contributed by atoms with Crippen LogP contribution in [0.2, 0.25) is 0 Å². The third-order valence-electron chi connectivity index (χ3n) is 3.46. The van der Waals surface area contributed by atoms with Gasteiger partial charge in [-0.25, -0.2) is 0 Å². The predicted molar refractivity (Wildman–Crippen MR) is 81.2 cm³/mol. The van der Waals surface area contributed by atoms with E-state index < -0.39 is 0 Å². The van der Waals surface area contributed by atoms with Crippen LogP contribution in [0.5, 0.6) is 5.75 Å². The smallest absolute Gasteiger partial charge is 0.123 e. The van der Waals surface area contributed by atoms with Gasteiger partial charge in [0.15, 0.2) is 0 Å². The van der Waals surface area contributed by atoms with Crippen LogP contribution >= 0.6 is 0 Å². The van der Waals surface area contributed by atoms with Crippen molar-refractivity contribution < 1.29 is 9.47 Å². The van der Waals surface area contributed by atoms with Crippen molar-refractivity contribution in [3.05, 3.63) is 29.8 Å². The molecule has 1 saturated heterocycles. The molecule has 0 radical (unpaired) electrons. The average molecular weight is 278 g/mol. The maximum absolute atomic E-state index is 5.77. The molecule has 0 unspecified atom stereocenters. The highest BCUT2D eigenvalue weighted by atomic mass is 16.5. The van der Waals surface area contributed by atoms with Crippen molar-refractivity contribution in [2.75, 3.05) is 46.0 Å². The summed E-state index contributed by atoms with van der Waals surface area (Å²) in [5, 5.41) is 3.50. The van der Waals surface area contributed by atoms with Gasteiger partial charge in [0.05, 0.1) is 19.8 Å². The van der Waals surface area contributed by atoms with Crippen molar-refractivity contribution in [3.63, 3.8) is 0 Å². The van der Waals surface area contributed by atoms with Crippen molar-refractivity contribution in [2.24, 2.45) is 0 Å². The van der Waals surface area contributed by atoms with E-state index >= 15 is 0 Å². The van der Waals surface area contributed by atoms with Gasteiger partial charge in [-0.2, -0.15) is 0 Å². The van der Waals surface area contributed by atoms with Gasteiger partial charge in [0.1, 0.15) is 5.75 Å². The van der Waals surface area contributed by atoms with Crippen molar-refractivity contribution in [3.8, 4) is 5.75 Å². The number of hydrogen-bond acceptors (Lipinski definition) is 4. The van der Waals surface area contributed by atoms with Gasteiger partial charge in [-0.1, -0.05) is 25.1 Å². The normalized spacial score (nSPS) is 16.2. The van der Waals surface area contributed by atoms with Gasteiger partial charge in [0, 0.05) is 38.3 Å². The summed E-state index contributed by atoms with van der Waals surface area (Å²) in [4.78, 5) is 2.44. The number of ether oxygens (including phenoxy) is 2. The Kier molecular flexibility index (Phi) is 6.84. The number of morpholine rings is 1. The quantitative estimate of drug-likeness (QED) is 0.736. The lowest BCUT2D eigenvalue weighted by molar-refractivity contribution is 0.0384. The molecule has 0 atom stereocenters. The summed E-state index contributed by atoms with van der Waals surface area (Å²) in [6.07, 6.45) is 1.04. The zero-order chi connectivity index (χ0) is 14.0. The Labute approximate surface area is 122 Å². The molecule has 112 valence electrons. The van der Waals surface area contributed by atoms with E-state index in [9.17, 15) is 0 Å². The van der Waals surface area contributed by atoms with Crippen molar-refractivity contribution in [1.82, 2.24) is 10.2 Å². The van der Waals surface area contributed by atoms with Gasteiger partial charge in [0.2, 0.25) is 0 Å². The highest BCUT2D eigenvalue weighted by Gasteiger charge is 2.09. The van der Waals surface area contributed by atoms with E-state index in [1.807, 2.05) is 6.07 Å². The first-order valence-corrected chi connectivity index (χ1v) is 7.61. The summed E-state index contributed by atoms with van der Waals surface area (Å²) < 4.78 is 11.1. The highest BCUT2D eigenvalue weighted by Crippen LogP contribution is 2.17. The van der Waals surface area contributed by atoms with Crippen LogP contribution < -0.4 is 10.1 Å². The predicted octanol–water partition coefficient (Wildman–Crippen LogP) is 1.90. The molecule has 0 saturated carbocycles. The lowest BCUT2D eigenvalue weighted by Crippen LogP contribution is -2.40. The number of nitrogens with zero attached hydrogens (tertiary/aromatic N) is 1. The molecular weight excluding hydrogens is 252 g/mol. The second kappa shape index (κ2) is 8.95. The maximum Gasteiger partial charge on any atom is 0.123 e. The second-order valence-electron chi connectivity index (χ2n) is 5.09. The number of para-hydroxylation sites is 1. The van der Waals surface area contributed by atoms with Crippen LogP contribution in [0.3, 0.4) is 0 Å². The van der Waals surface area contributed by atoms with Gasteiger partial charge in [0.25, 0.3) is 0 Å². The van der Waals surface area contributed by atoms with Gasteiger partial charge in [-0.15, -0.1) is 0 Å². The standard InChI is InChI=1S/C16H26N2O2/c1-2-11-20-16-6-4-3-5-15(16)14-17-7-8-18-9-12-19-13-10-18/h3-6,17H,2,7-14H2,1H3. The first-order chi connectivity index (χ1) is 9.90. The van der Waals surface area contributed by atoms with E-state index in [1.54, 1.807) is 0 Å². The molecule has 1 aliphatic rings. The minimum atomic E-state index is 0.783. The first kappa shape index (κ1) is 15.3. The molecule has 1 aliphatic heterocycles. The van der Waals surface area contributed by atoms with Crippen LogP contribution in [-0.2, 0) is 11.3 Å². The third-order valence-corrected chi connectivity index (χ3v) is 3.46. The third kappa shape index (κ3) is 5.12. The number of hydrogen-bond donors (Lipinski definition) is 1. The zero-order valence-electron chi connectivity index (χ0n) is 12.4. The number of benzene rings is 1. The first-order valence-electron chi connectivity index (χ1n) is 7.61. The van der Waals surface area contributed by atoms with Gasteiger partial charge >= 0.3 is 0 Å². The van der Waals surface area contributed by atoms with E-state index in [2.05, 4.69) is 35.3 Å². The fraction of sp³-hybridized carbons (Fsp3) is 0.625. The van der Waals surface area contributed by atoms with Crippen molar-refractivity contribution in [1.29, 1.82) is 0 Å². The SMILES string of the molecule is CCCOc1ccccc1CNCCN1CCOCC1. The fourth-order valence-electron chi connectivity index (χ4n) is 2.29. The van der Waals surface area contributed by atoms with E-state index in [4.69, 9.17) is 9.47 Å². The van der Waals surface area contributed by atoms with E-state index in [-0.39, 0.29) is 0 Å². The van der Waals surface area contributed by atoms with Crippen LogP contribution in [0, 0.1) is 0 Å². The molecule has 1 N–H and O–H groups in total. The number of rotatable bonds is 8. The van der Waals surface area contributed by atoms with Crippen LogP contribution in [0.4, 0.5) is 0 Å². The van der Waals surface area contributed by atoms with Crippen LogP contribution in [-0.4, -0.2) is 50.9 Å². The minimum absolute atomic E-state index is 0.783. The van der Waals surface area contributed by atoms with Crippen LogP contribution in [0.25, 0.3) is 0 Å². The van der Waals surface area contributed by atoms with Crippen LogP contribution in [0.1, 0.15) is 18.9 Å².